The van der Waals surface area contributed by atoms with Gasteiger partial charge in [-0.25, -0.2) is 9.59 Å². The van der Waals surface area contributed by atoms with E-state index in [9.17, 15) is 44.7 Å². The van der Waals surface area contributed by atoms with Crippen LogP contribution in [-0.4, -0.2) is 75.7 Å². The number of esters is 3. The first kappa shape index (κ1) is 29.2. The molecule has 0 amide bonds. The zero-order valence-corrected chi connectivity index (χ0v) is 22.0. The monoisotopic (exact) mass is 568 g/mol. The second-order valence-electron chi connectivity index (χ2n) is 9.70. The van der Waals surface area contributed by atoms with Crippen molar-refractivity contribution in [1.29, 1.82) is 0 Å². The Morgan fingerprint density at radius 1 is 0.902 bits per heavy atom. The summed E-state index contributed by atoms with van der Waals surface area (Å²) >= 11 is 0. The highest BCUT2D eigenvalue weighted by Crippen LogP contribution is 2.52. The number of aliphatic hydroxyl groups is 1. The van der Waals surface area contributed by atoms with E-state index in [-0.39, 0.29) is 23.5 Å². The lowest BCUT2D eigenvalue weighted by molar-refractivity contribution is -0.162. The summed E-state index contributed by atoms with van der Waals surface area (Å²) in [6.45, 7) is 0. The van der Waals surface area contributed by atoms with Gasteiger partial charge in [0.05, 0.1) is 20.1 Å². The number of hydrogen-bond acceptors (Lipinski definition) is 12. The van der Waals surface area contributed by atoms with Gasteiger partial charge in [0.1, 0.15) is 6.10 Å². The summed E-state index contributed by atoms with van der Waals surface area (Å²) < 4.78 is 14.9. The highest BCUT2D eigenvalue weighted by atomic mass is 16.6. The van der Waals surface area contributed by atoms with Crippen molar-refractivity contribution in [2.24, 2.45) is 17.8 Å². The number of phenolic OH excluding ortho intramolecular Hbond substituents is 4. The summed E-state index contributed by atoms with van der Waals surface area (Å²) in [4.78, 5) is 50.8. The fourth-order valence-corrected chi connectivity index (χ4v) is 5.40. The number of allylic oxidation sites excluding steroid dienone is 2. The van der Waals surface area contributed by atoms with Crippen molar-refractivity contribution in [3.63, 3.8) is 0 Å². The van der Waals surface area contributed by atoms with E-state index >= 15 is 0 Å². The fraction of sp³-hybridized carbons (Fsp3) is 0.310. The molecule has 0 aliphatic heterocycles. The number of benzene rings is 2. The molecule has 216 valence electrons. The number of carbonyl (C=O) groups is 4. The molecule has 3 aliphatic rings. The molecule has 0 aromatic heterocycles. The molecular formula is C29H28O12. The van der Waals surface area contributed by atoms with E-state index in [2.05, 4.69) is 0 Å². The molecule has 3 aliphatic carbocycles. The Morgan fingerprint density at radius 3 is 2.17 bits per heavy atom. The molecule has 2 aromatic rings. The molecule has 6 atom stereocenters. The van der Waals surface area contributed by atoms with E-state index in [4.69, 9.17) is 14.2 Å². The number of carbonyl (C=O) groups excluding carboxylic acids is 4. The average Bonchev–Trinajstić information content (AvgIpc) is 2.95. The largest absolute Gasteiger partial charge is 0.504 e. The van der Waals surface area contributed by atoms with Crippen LogP contribution in [0.2, 0.25) is 0 Å². The van der Waals surface area contributed by atoms with Crippen molar-refractivity contribution in [3.8, 4) is 23.0 Å². The Morgan fingerprint density at radius 2 is 1.56 bits per heavy atom. The van der Waals surface area contributed by atoms with Crippen molar-refractivity contribution in [1.82, 2.24) is 0 Å². The lowest BCUT2D eigenvalue weighted by atomic mass is 9.56. The number of fused-ring (bicyclic) bond motifs is 2. The molecule has 5 N–H and O–H groups in total. The molecule has 1 unspecified atom stereocenters. The normalized spacial score (nSPS) is 24.0. The smallest absolute Gasteiger partial charge is 0.347 e. The second kappa shape index (κ2) is 11.7. The summed E-state index contributed by atoms with van der Waals surface area (Å²) in [6, 6.07) is 7.75. The quantitative estimate of drug-likeness (QED) is 0.133. The van der Waals surface area contributed by atoms with Gasteiger partial charge in [-0.3, -0.25) is 9.59 Å². The minimum absolute atomic E-state index is 0.174. The first-order chi connectivity index (χ1) is 19.5. The Kier molecular flexibility index (Phi) is 8.33. The number of methoxy groups -OCH3 is 2. The van der Waals surface area contributed by atoms with Crippen LogP contribution in [0.15, 0.2) is 60.2 Å². The van der Waals surface area contributed by atoms with E-state index in [0.717, 1.165) is 20.3 Å². The fourth-order valence-electron chi connectivity index (χ4n) is 5.40. The number of aliphatic hydroxyl groups excluding tert-OH is 1. The molecule has 5 rings (SSSR count). The summed E-state index contributed by atoms with van der Waals surface area (Å²) in [5, 5.41) is 49.7. The number of ketones is 1. The first-order valence-corrected chi connectivity index (χ1v) is 12.5. The van der Waals surface area contributed by atoms with Crippen LogP contribution in [0.4, 0.5) is 0 Å². The van der Waals surface area contributed by atoms with Gasteiger partial charge in [-0.05, 0) is 41.0 Å². The standard InChI is InChI=1S/C29H28O12/c1-39-28(37)21(10-13-3-6-17(30)19(32)9-13)41-22(34)8-5-14-11-16-23(15-4-7-18(31)20(33)12-15)25(29(38)40-2)24(14)27(36)26(16)35/h3-9,11-12,16,21,23-25,27,30-33,36H,10H2,1-2H3/b8-5-/t16?,21-,23-,24-,25+,27-/m1/s1. The van der Waals surface area contributed by atoms with E-state index in [1.54, 1.807) is 0 Å². The van der Waals surface area contributed by atoms with Gasteiger partial charge in [0.15, 0.2) is 28.8 Å². The summed E-state index contributed by atoms with van der Waals surface area (Å²) in [5.74, 6) is -8.80. The van der Waals surface area contributed by atoms with E-state index in [1.807, 2.05) is 0 Å². The SMILES string of the molecule is COC(=O)[C@@H]1[C@H]2C(/C=C\C(=O)O[C@H](Cc3ccc(O)c(O)c3)C(=O)OC)=CC(C(=O)[C@@H]2O)[C@H]1c1ccc(O)c(O)c1. The first-order valence-electron chi connectivity index (χ1n) is 12.5. The van der Waals surface area contributed by atoms with Crippen LogP contribution < -0.4 is 0 Å². The Hall–Kier alpha value is -4.84. The number of hydrogen-bond donors (Lipinski definition) is 5. The van der Waals surface area contributed by atoms with Gasteiger partial charge in [0.2, 0.25) is 6.10 Å². The molecule has 12 nitrogen and oxygen atoms in total. The molecular weight excluding hydrogens is 540 g/mol. The second-order valence-corrected chi connectivity index (χ2v) is 9.70. The Balaban J connectivity index is 1.61. The minimum Gasteiger partial charge on any atom is -0.504 e. The van der Waals surface area contributed by atoms with Crippen LogP contribution in [0.5, 0.6) is 23.0 Å². The molecule has 0 heterocycles. The third kappa shape index (κ3) is 5.73. The van der Waals surface area contributed by atoms with E-state index in [0.29, 0.717) is 11.1 Å². The third-order valence-electron chi connectivity index (χ3n) is 7.33. The predicted octanol–water partition coefficient (Wildman–Crippen LogP) is 1.38. The van der Waals surface area contributed by atoms with Crippen LogP contribution in [-0.2, 0) is 39.8 Å². The maximum Gasteiger partial charge on any atom is 0.347 e. The van der Waals surface area contributed by atoms with Gasteiger partial charge in [-0.1, -0.05) is 24.3 Å². The van der Waals surface area contributed by atoms with Crippen LogP contribution in [0.1, 0.15) is 17.0 Å². The molecule has 0 saturated heterocycles. The van der Waals surface area contributed by atoms with Crippen molar-refractivity contribution >= 4 is 23.7 Å². The van der Waals surface area contributed by atoms with Crippen LogP contribution in [0, 0.1) is 17.8 Å². The zero-order chi connectivity index (χ0) is 30.0. The lowest BCUT2D eigenvalue weighted by Gasteiger charge is -2.47. The predicted molar refractivity (Wildman–Crippen MR) is 139 cm³/mol. The zero-order valence-electron chi connectivity index (χ0n) is 22.0. The lowest BCUT2D eigenvalue weighted by Crippen LogP contribution is -2.55. The molecule has 2 aromatic carbocycles. The van der Waals surface area contributed by atoms with Crippen LogP contribution >= 0.6 is 0 Å². The van der Waals surface area contributed by atoms with Crippen molar-refractivity contribution in [2.75, 3.05) is 14.2 Å². The highest BCUT2D eigenvalue weighted by Gasteiger charge is 2.56. The molecule has 41 heavy (non-hydrogen) atoms. The molecule has 0 radical (unpaired) electrons. The average molecular weight is 569 g/mol. The summed E-state index contributed by atoms with van der Waals surface area (Å²) in [6.07, 6.45) is 0.595. The maximum atomic E-state index is 13.0. The Labute approximate surface area is 233 Å². The number of Topliss-reactive ketones (excluding diaryl/α,β-unsaturated/α-hetero) is 1. The third-order valence-corrected chi connectivity index (χ3v) is 7.33. The number of aromatic hydroxyl groups is 4. The molecule has 12 heteroatoms. The van der Waals surface area contributed by atoms with E-state index in [1.165, 1.54) is 48.6 Å². The number of ether oxygens (including phenoxy) is 3. The van der Waals surface area contributed by atoms with E-state index < -0.39 is 71.1 Å². The van der Waals surface area contributed by atoms with Crippen molar-refractivity contribution in [2.45, 2.75) is 24.5 Å². The van der Waals surface area contributed by atoms with Crippen molar-refractivity contribution < 1.29 is 58.9 Å². The molecule has 0 spiro atoms. The van der Waals surface area contributed by atoms with Gasteiger partial charge < -0.3 is 39.7 Å². The Bertz CT molecular complexity index is 1440. The number of phenols is 4. The van der Waals surface area contributed by atoms with Gasteiger partial charge in [-0.2, -0.15) is 0 Å². The van der Waals surface area contributed by atoms with Gasteiger partial charge in [-0.15, -0.1) is 0 Å². The highest BCUT2D eigenvalue weighted by molar-refractivity contribution is 5.95. The minimum atomic E-state index is -1.59. The van der Waals surface area contributed by atoms with Gasteiger partial charge in [0, 0.05) is 30.3 Å². The van der Waals surface area contributed by atoms with Crippen LogP contribution in [0.25, 0.3) is 0 Å². The molecule has 1 saturated carbocycles. The van der Waals surface area contributed by atoms with Crippen molar-refractivity contribution in [3.05, 3.63) is 71.3 Å². The molecule has 2 bridgehead atoms. The summed E-state index contributed by atoms with van der Waals surface area (Å²) in [5.41, 5.74) is 1.02. The topological polar surface area (TPSA) is 197 Å². The van der Waals surface area contributed by atoms with Crippen LogP contribution in [0.3, 0.4) is 0 Å². The van der Waals surface area contributed by atoms with Gasteiger partial charge >= 0.3 is 17.9 Å². The van der Waals surface area contributed by atoms with Gasteiger partial charge in [0.25, 0.3) is 0 Å². The maximum absolute atomic E-state index is 13.0. The molecule has 1 fully saturated rings. The summed E-state index contributed by atoms with van der Waals surface area (Å²) in [7, 11) is 2.26. The number of rotatable bonds is 8.